The number of hydrogen-bond donors (Lipinski definition) is 1. The summed E-state index contributed by atoms with van der Waals surface area (Å²) >= 11 is 0. The lowest BCUT2D eigenvalue weighted by Gasteiger charge is -2.26. The van der Waals surface area contributed by atoms with Crippen LogP contribution in [-0.4, -0.2) is 44.1 Å². The van der Waals surface area contributed by atoms with Gasteiger partial charge in [-0.1, -0.05) is 18.2 Å². The van der Waals surface area contributed by atoms with Crippen molar-refractivity contribution in [2.75, 3.05) is 30.4 Å². The molecule has 1 N–H and O–H groups in total. The summed E-state index contributed by atoms with van der Waals surface area (Å²) in [6.07, 6.45) is 1.53. The lowest BCUT2D eigenvalue weighted by Crippen LogP contribution is -2.38. The number of nitrogens with one attached hydrogen (secondary N) is 1. The summed E-state index contributed by atoms with van der Waals surface area (Å²) in [5.41, 5.74) is 2.96. The molecule has 2 aliphatic rings. The number of carbonyl (C=O) groups is 3. The molecule has 150 valence electrons. The lowest BCUT2D eigenvalue weighted by molar-refractivity contribution is -0.125. The number of carbonyl (C=O) groups excluding carboxylic acids is 3. The minimum Gasteiger partial charge on any atom is -0.465 e. The molecule has 0 aliphatic carbocycles. The summed E-state index contributed by atoms with van der Waals surface area (Å²) in [6.45, 7) is 1.76. The Labute approximate surface area is 168 Å². The topological polar surface area (TPSA) is 84.9 Å². The van der Waals surface area contributed by atoms with Crippen LogP contribution < -0.4 is 10.2 Å². The monoisotopic (exact) mass is 394 g/mol. The number of methoxy groups -OCH3 is 1. The van der Waals surface area contributed by atoms with Crippen LogP contribution in [0.3, 0.4) is 0 Å². The van der Waals surface area contributed by atoms with E-state index >= 15 is 0 Å². The van der Waals surface area contributed by atoms with Crippen LogP contribution in [0.25, 0.3) is 0 Å². The van der Waals surface area contributed by atoms with Gasteiger partial charge in [-0.3, -0.25) is 4.79 Å². The van der Waals surface area contributed by atoms with Crippen LogP contribution in [0, 0.1) is 0 Å². The van der Waals surface area contributed by atoms with Crippen molar-refractivity contribution in [3.8, 4) is 0 Å². The molecule has 2 heterocycles. The third-order valence-electron chi connectivity index (χ3n) is 5.31. The van der Waals surface area contributed by atoms with Crippen LogP contribution in [0.2, 0.25) is 0 Å². The number of ether oxygens (including phenoxy) is 2. The molecule has 1 atom stereocenters. The molecular weight excluding hydrogens is 372 g/mol. The number of benzene rings is 2. The summed E-state index contributed by atoms with van der Waals surface area (Å²) in [4.78, 5) is 39.3. The smallest absolute Gasteiger partial charge is 0.339 e. The van der Waals surface area contributed by atoms with Crippen LogP contribution in [0.15, 0.2) is 42.5 Å². The largest absolute Gasteiger partial charge is 0.465 e. The Morgan fingerprint density at radius 3 is 2.66 bits per heavy atom. The highest BCUT2D eigenvalue weighted by molar-refractivity contribution is 6.02. The molecule has 0 bridgehead atoms. The van der Waals surface area contributed by atoms with E-state index in [1.54, 1.807) is 24.3 Å². The van der Waals surface area contributed by atoms with Crippen LogP contribution in [0.1, 0.15) is 39.1 Å². The molecule has 1 saturated heterocycles. The van der Waals surface area contributed by atoms with E-state index in [4.69, 9.17) is 9.47 Å². The molecule has 0 aromatic heterocycles. The number of rotatable bonds is 4. The average Bonchev–Trinajstić information content (AvgIpc) is 3.27. The van der Waals surface area contributed by atoms with Crippen molar-refractivity contribution in [3.63, 3.8) is 0 Å². The second-order valence-electron chi connectivity index (χ2n) is 7.16. The van der Waals surface area contributed by atoms with E-state index < -0.39 is 23.9 Å². The standard InChI is InChI=1S/C22H22N2O5/c1-28-21(26)15-8-9-18(24-10-4-5-11-24)17(12-15)23-20(25)19-13-14-6-2-3-7-16(14)22(27)29-19/h2-3,6-9,12,19H,4-5,10-11,13H2,1H3,(H,23,25). The fraction of sp³-hybridized carbons (Fsp3) is 0.318. The second kappa shape index (κ2) is 7.95. The Balaban J connectivity index is 1.60. The molecule has 0 saturated carbocycles. The van der Waals surface area contributed by atoms with E-state index in [1.807, 2.05) is 18.2 Å². The van der Waals surface area contributed by atoms with Gasteiger partial charge < -0.3 is 19.7 Å². The first kappa shape index (κ1) is 19.0. The quantitative estimate of drug-likeness (QED) is 0.803. The predicted octanol–water partition coefficient (Wildman–Crippen LogP) is 2.79. The van der Waals surface area contributed by atoms with Gasteiger partial charge in [0.25, 0.3) is 5.91 Å². The van der Waals surface area contributed by atoms with E-state index in [2.05, 4.69) is 10.2 Å². The van der Waals surface area contributed by atoms with Gasteiger partial charge in [0.2, 0.25) is 0 Å². The van der Waals surface area contributed by atoms with Crippen molar-refractivity contribution in [1.82, 2.24) is 0 Å². The van der Waals surface area contributed by atoms with Crippen molar-refractivity contribution >= 4 is 29.2 Å². The SMILES string of the molecule is COC(=O)c1ccc(N2CCCC2)c(NC(=O)C2Cc3ccccc3C(=O)O2)c1. The Kier molecular flexibility index (Phi) is 5.20. The number of esters is 2. The van der Waals surface area contributed by atoms with E-state index in [1.165, 1.54) is 7.11 Å². The molecule has 7 nitrogen and oxygen atoms in total. The van der Waals surface area contributed by atoms with Gasteiger partial charge in [0.05, 0.1) is 29.6 Å². The van der Waals surface area contributed by atoms with Gasteiger partial charge in [-0.05, 0) is 42.7 Å². The maximum Gasteiger partial charge on any atom is 0.339 e. The van der Waals surface area contributed by atoms with E-state index in [9.17, 15) is 14.4 Å². The van der Waals surface area contributed by atoms with Gasteiger partial charge in [0, 0.05) is 19.5 Å². The summed E-state index contributed by atoms with van der Waals surface area (Å²) < 4.78 is 10.2. The molecule has 1 amide bonds. The molecule has 0 radical (unpaired) electrons. The summed E-state index contributed by atoms with van der Waals surface area (Å²) in [5.74, 6) is -1.41. The summed E-state index contributed by atoms with van der Waals surface area (Å²) in [7, 11) is 1.31. The molecule has 7 heteroatoms. The molecule has 1 fully saturated rings. The van der Waals surface area contributed by atoms with Gasteiger partial charge >= 0.3 is 11.9 Å². The van der Waals surface area contributed by atoms with Gasteiger partial charge in [-0.25, -0.2) is 9.59 Å². The van der Waals surface area contributed by atoms with E-state index in [-0.39, 0.29) is 0 Å². The lowest BCUT2D eigenvalue weighted by atomic mass is 9.98. The fourth-order valence-corrected chi connectivity index (χ4v) is 3.81. The first-order valence-corrected chi connectivity index (χ1v) is 9.64. The summed E-state index contributed by atoms with van der Waals surface area (Å²) in [5, 5.41) is 2.86. The maximum absolute atomic E-state index is 12.9. The van der Waals surface area contributed by atoms with Crippen molar-refractivity contribution < 1.29 is 23.9 Å². The van der Waals surface area contributed by atoms with Crippen molar-refractivity contribution in [3.05, 3.63) is 59.2 Å². The van der Waals surface area contributed by atoms with Gasteiger partial charge in [0.1, 0.15) is 0 Å². The molecule has 2 aromatic carbocycles. The Morgan fingerprint density at radius 1 is 1.14 bits per heavy atom. The first-order chi connectivity index (χ1) is 14.1. The molecular formula is C22H22N2O5. The normalized spacial score (nSPS) is 18.0. The van der Waals surface area contributed by atoms with Crippen LogP contribution in [0.4, 0.5) is 11.4 Å². The molecule has 2 aromatic rings. The average molecular weight is 394 g/mol. The Morgan fingerprint density at radius 2 is 1.90 bits per heavy atom. The van der Waals surface area contributed by atoms with Crippen LogP contribution in [0.5, 0.6) is 0 Å². The zero-order valence-electron chi connectivity index (χ0n) is 16.1. The Hall–Kier alpha value is -3.35. The van der Waals surface area contributed by atoms with E-state index in [0.29, 0.717) is 23.2 Å². The molecule has 1 unspecified atom stereocenters. The maximum atomic E-state index is 12.9. The zero-order valence-corrected chi connectivity index (χ0v) is 16.1. The van der Waals surface area contributed by atoms with E-state index in [0.717, 1.165) is 37.2 Å². The van der Waals surface area contributed by atoms with Gasteiger partial charge in [-0.2, -0.15) is 0 Å². The third-order valence-corrected chi connectivity index (χ3v) is 5.31. The second-order valence-corrected chi connectivity index (χ2v) is 7.16. The van der Waals surface area contributed by atoms with Gasteiger partial charge in [0.15, 0.2) is 6.10 Å². The van der Waals surface area contributed by atoms with Crippen molar-refractivity contribution in [1.29, 1.82) is 0 Å². The van der Waals surface area contributed by atoms with Crippen molar-refractivity contribution in [2.24, 2.45) is 0 Å². The predicted molar refractivity (Wildman–Crippen MR) is 107 cm³/mol. The summed E-state index contributed by atoms with van der Waals surface area (Å²) in [6, 6.07) is 12.2. The highest BCUT2D eigenvalue weighted by Gasteiger charge is 2.32. The molecule has 2 aliphatic heterocycles. The minimum absolute atomic E-state index is 0.309. The highest BCUT2D eigenvalue weighted by Crippen LogP contribution is 2.31. The number of cyclic esters (lactones) is 1. The van der Waals surface area contributed by atoms with Crippen LogP contribution >= 0.6 is 0 Å². The molecule has 0 spiro atoms. The van der Waals surface area contributed by atoms with Gasteiger partial charge in [-0.15, -0.1) is 0 Å². The number of anilines is 2. The fourth-order valence-electron chi connectivity index (χ4n) is 3.81. The first-order valence-electron chi connectivity index (χ1n) is 9.64. The molecule has 4 rings (SSSR count). The number of fused-ring (bicyclic) bond motifs is 1. The number of nitrogens with zero attached hydrogens (tertiary/aromatic N) is 1. The minimum atomic E-state index is -0.925. The highest BCUT2D eigenvalue weighted by atomic mass is 16.5. The van der Waals surface area contributed by atoms with Crippen LogP contribution in [-0.2, 0) is 20.7 Å². The zero-order chi connectivity index (χ0) is 20.4. The van der Waals surface area contributed by atoms with Crippen molar-refractivity contribution in [2.45, 2.75) is 25.4 Å². The third kappa shape index (κ3) is 3.81. The number of amides is 1. The molecule has 29 heavy (non-hydrogen) atoms. The number of hydrogen-bond acceptors (Lipinski definition) is 6. The Bertz CT molecular complexity index is 965.